The Hall–Kier alpha value is -1.08. The van der Waals surface area contributed by atoms with Crippen molar-refractivity contribution in [1.29, 1.82) is 0 Å². The molecule has 0 bridgehead atoms. The molecule has 0 amide bonds. The molecule has 0 saturated carbocycles. The minimum absolute atomic E-state index is 1.15. The second-order valence-electron chi connectivity index (χ2n) is 4.42. The monoisotopic (exact) mass is 214 g/mol. The fourth-order valence-electron chi connectivity index (χ4n) is 2.54. The molecule has 0 saturated heterocycles. The largest absolute Gasteiger partial charge is 0.145 e. The molecule has 0 nitrogen and oxygen atoms in total. The molecule has 1 aromatic heterocycles. The zero-order valence-corrected chi connectivity index (χ0v) is 10.2. The van der Waals surface area contributed by atoms with Crippen LogP contribution < -0.4 is 0 Å². The van der Waals surface area contributed by atoms with E-state index in [9.17, 15) is 0 Å². The summed E-state index contributed by atoms with van der Waals surface area (Å²) in [4.78, 5) is 2.99. The molecule has 1 heteroatoms. The smallest absolute Gasteiger partial charge is 0.0171 e. The predicted molar refractivity (Wildman–Crippen MR) is 66.8 cm³/mol. The lowest BCUT2D eigenvalue weighted by Crippen LogP contribution is -1.88. The van der Waals surface area contributed by atoms with E-state index in [1.807, 2.05) is 11.3 Å². The van der Waals surface area contributed by atoms with Crippen molar-refractivity contribution in [3.05, 3.63) is 44.6 Å². The van der Waals surface area contributed by atoms with Crippen molar-refractivity contribution >= 4 is 11.3 Å². The topological polar surface area (TPSA) is 0 Å². The van der Waals surface area contributed by atoms with Crippen LogP contribution in [-0.4, -0.2) is 0 Å². The number of rotatable bonds is 0. The van der Waals surface area contributed by atoms with Crippen molar-refractivity contribution in [3.63, 3.8) is 0 Å². The first kappa shape index (κ1) is 9.17. The maximum absolute atomic E-state index is 2.35. The molecule has 3 rings (SSSR count). The number of hydrogen-bond donors (Lipinski definition) is 0. The third-order valence-electron chi connectivity index (χ3n) is 3.29. The SMILES string of the molecule is Cc1cc2c(s1)Cc1c(C)ccc(C)c1-2. The Balaban J connectivity index is 2.35. The molecule has 1 heterocycles. The molecule has 1 aromatic carbocycles. The molecule has 2 aromatic rings. The van der Waals surface area contributed by atoms with Crippen LogP contribution in [0.4, 0.5) is 0 Å². The normalized spacial score (nSPS) is 12.7. The minimum atomic E-state index is 1.15. The van der Waals surface area contributed by atoms with Gasteiger partial charge in [0.05, 0.1) is 0 Å². The molecule has 15 heavy (non-hydrogen) atoms. The van der Waals surface area contributed by atoms with Crippen LogP contribution >= 0.6 is 11.3 Å². The van der Waals surface area contributed by atoms with Crippen LogP contribution in [0.3, 0.4) is 0 Å². The summed E-state index contributed by atoms with van der Waals surface area (Å²) < 4.78 is 0. The lowest BCUT2D eigenvalue weighted by molar-refractivity contribution is 1.23. The number of thiophene rings is 1. The molecule has 0 fully saturated rings. The summed E-state index contributed by atoms with van der Waals surface area (Å²) in [6, 6.07) is 6.84. The van der Waals surface area contributed by atoms with Crippen LogP contribution in [0.15, 0.2) is 18.2 Å². The van der Waals surface area contributed by atoms with E-state index in [1.54, 1.807) is 10.4 Å². The summed E-state index contributed by atoms with van der Waals surface area (Å²) in [6.07, 6.45) is 1.15. The second kappa shape index (κ2) is 2.96. The highest BCUT2D eigenvalue weighted by atomic mass is 32.1. The lowest BCUT2D eigenvalue weighted by Gasteiger charge is -2.07. The van der Waals surface area contributed by atoms with Gasteiger partial charge in [-0.25, -0.2) is 0 Å². The Morgan fingerprint density at radius 2 is 1.80 bits per heavy atom. The van der Waals surface area contributed by atoms with Crippen molar-refractivity contribution in [2.45, 2.75) is 27.2 Å². The molecule has 1 aliphatic carbocycles. The van der Waals surface area contributed by atoms with Crippen molar-refractivity contribution in [2.24, 2.45) is 0 Å². The van der Waals surface area contributed by atoms with Gasteiger partial charge in [0.1, 0.15) is 0 Å². The maximum atomic E-state index is 2.35. The van der Waals surface area contributed by atoms with Gasteiger partial charge >= 0.3 is 0 Å². The Kier molecular flexibility index (Phi) is 1.81. The van der Waals surface area contributed by atoms with Crippen LogP contribution in [0.25, 0.3) is 11.1 Å². The van der Waals surface area contributed by atoms with Gasteiger partial charge in [-0.3, -0.25) is 0 Å². The van der Waals surface area contributed by atoms with Crippen molar-refractivity contribution in [2.75, 3.05) is 0 Å². The standard InChI is InChI=1S/C14H14S/c1-8-4-5-9(2)14-11(8)7-13-12(14)6-10(3)15-13/h4-6H,7H2,1-3H3. The molecule has 76 valence electrons. The highest BCUT2D eigenvalue weighted by Crippen LogP contribution is 2.44. The van der Waals surface area contributed by atoms with E-state index in [0.717, 1.165) is 6.42 Å². The van der Waals surface area contributed by atoms with Gasteiger partial charge in [-0.15, -0.1) is 11.3 Å². The zero-order valence-electron chi connectivity index (χ0n) is 9.35. The molecule has 0 spiro atoms. The fourth-order valence-corrected chi connectivity index (χ4v) is 3.59. The van der Waals surface area contributed by atoms with E-state index >= 15 is 0 Å². The van der Waals surface area contributed by atoms with Gasteiger partial charge in [-0.05, 0) is 54.7 Å². The van der Waals surface area contributed by atoms with Crippen LogP contribution in [0.5, 0.6) is 0 Å². The number of benzene rings is 1. The van der Waals surface area contributed by atoms with E-state index in [-0.39, 0.29) is 0 Å². The first-order chi connectivity index (χ1) is 7.16. The molecule has 0 unspecified atom stereocenters. The van der Waals surface area contributed by atoms with E-state index in [2.05, 4.69) is 39.0 Å². The Morgan fingerprint density at radius 1 is 1.07 bits per heavy atom. The van der Waals surface area contributed by atoms with E-state index < -0.39 is 0 Å². The Labute approximate surface area is 94.6 Å². The number of fused-ring (bicyclic) bond motifs is 3. The van der Waals surface area contributed by atoms with Crippen molar-refractivity contribution < 1.29 is 0 Å². The van der Waals surface area contributed by atoms with Crippen LogP contribution in [0, 0.1) is 20.8 Å². The van der Waals surface area contributed by atoms with Crippen molar-refractivity contribution in [3.8, 4) is 11.1 Å². The van der Waals surface area contributed by atoms with Gasteiger partial charge in [0.25, 0.3) is 0 Å². The van der Waals surface area contributed by atoms with Gasteiger partial charge in [-0.1, -0.05) is 12.1 Å². The molecule has 0 radical (unpaired) electrons. The highest BCUT2D eigenvalue weighted by molar-refractivity contribution is 7.12. The summed E-state index contributed by atoms with van der Waals surface area (Å²) in [7, 11) is 0. The lowest BCUT2D eigenvalue weighted by atomic mass is 9.97. The maximum Gasteiger partial charge on any atom is 0.0171 e. The van der Waals surface area contributed by atoms with E-state index in [1.165, 1.54) is 27.1 Å². The predicted octanol–water partition coefficient (Wildman–Crippen LogP) is 4.24. The summed E-state index contributed by atoms with van der Waals surface area (Å²) in [6.45, 7) is 6.65. The average molecular weight is 214 g/mol. The van der Waals surface area contributed by atoms with E-state index in [4.69, 9.17) is 0 Å². The molecular formula is C14H14S. The second-order valence-corrected chi connectivity index (χ2v) is 5.76. The summed E-state index contributed by atoms with van der Waals surface area (Å²) in [5, 5.41) is 0. The molecule has 0 N–H and O–H groups in total. The summed E-state index contributed by atoms with van der Waals surface area (Å²) in [5.41, 5.74) is 7.42. The summed E-state index contributed by atoms with van der Waals surface area (Å²) >= 11 is 1.95. The first-order valence-corrected chi connectivity index (χ1v) is 6.17. The molecule has 0 atom stereocenters. The third kappa shape index (κ3) is 1.19. The van der Waals surface area contributed by atoms with Crippen LogP contribution in [-0.2, 0) is 6.42 Å². The van der Waals surface area contributed by atoms with Gasteiger partial charge in [0.15, 0.2) is 0 Å². The Bertz CT molecular complexity index is 547. The summed E-state index contributed by atoms with van der Waals surface area (Å²) in [5.74, 6) is 0. The van der Waals surface area contributed by atoms with Crippen molar-refractivity contribution in [1.82, 2.24) is 0 Å². The molecule has 1 aliphatic rings. The third-order valence-corrected chi connectivity index (χ3v) is 4.34. The highest BCUT2D eigenvalue weighted by Gasteiger charge is 2.23. The van der Waals surface area contributed by atoms with Gasteiger partial charge in [-0.2, -0.15) is 0 Å². The molecular weight excluding hydrogens is 200 g/mol. The van der Waals surface area contributed by atoms with Gasteiger partial charge in [0.2, 0.25) is 0 Å². The Morgan fingerprint density at radius 3 is 2.60 bits per heavy atom. The minimum Gasteiger partial charge on any atom is -0.145 e. The van der Waals surface area contributed by atoms with Gasteiger partial charge < -0.3 is 0 Å². The first-order valence-electron chi connectivity index (χ1n) is 5.35. The molecule has 0 aliphatic heterocycles. The quantitative estimate of drug-likeness (QED) is 0.525. The zero-order chi connectivity index (χ0) is 10.6. The number of aryl methyl sites for hydroxylation is 3. The average Bonchev–Trinajstić information content (AvgIpc) is 2.67. The van der Waals surface area contributed by atoms with E-state index in [0.29, 0.717) is 0 Å². The number of hydrogen-bond acceptors (Lipinski definition) is 1. The van der Waals surface area contributed by atoms with Crippen LogP contribution in [0.1, 0.15) is 26.4 Å². The van der Waals surface area contributed by atoms with Gasteiger partial charge in [0, 0.05) is 16.2 Å². The van der Waals surface area contributed by atoms with Crippen LogP contribution in [0.2, 0.25) is 0 Å². The fraction of sp³-hybridized carbons (Fsp3) is 0.286.